The molecule has 16 heteroatoms. The summed E-state index contributed by atoms with van der Waals surface area (Å²) in [5, 5.41) is 42.7. The first kappa shape index (κ1) is 46.7. The van der Waals surface area contributed by atoms with Crippen LogP contribution in [0.15, 0.2) is 109 Å². The number of carbonyl (C=O) groups excluding carboxylic acids is 4. The molecule has 0 saturated heterocycles. The molecule has 0 aliphatic heterocycles. The number of ketones is 2. The lowest BCUT2D eigenvalue weighted by Gasteiger charge is -2.15. The van der Waals surface area contributed by atoms with Crippen LogP contribution >= 0.6 is 0 Å². The van der Waals surface area contributed by atoms with Crippen molar-refractivity contribution >= 4 is 46.7 Å². The maximum absolute atomic E-state index is 13.1. The number of aryl methyl sites for hydroxylation is 4. The van der Waals surface area contributed by atoms with E-state index in [-0.39, 0.29) is 33.8 Å². The number of carboxylic acids is 2. The van der Waals surface area contributed by atoms with Crippen LogP contribution in [0.5, 0.6) is 34.5 Å². The van der Waals surface area contributed by atoms with Crippen molar-refractivity contribution in [3.05, 3.63) is 165 Å². The third-order valence-corrected chi connectivity index (χ3v) is 9.19. The smallest absolute Gasteiger partial charge is 0.312 e. The number of rotatable bonds is 14. The van der Waals surface area contributed by atoms with Crippen LogP contribution in [-0.2, 0) is 19.2 Å². The Morgan fingerprint density at radius 1 is 0.484 bits per heavy atom. The first-order chi connectivity index (χ1) is 30.3. The zero-order chi connectivity index (χ0) is 46.8. The van der Waals surface area contributed by atoms with Crippen molar-refractivity contribution in [3.8, 4) is 34.5 Å². The molecule has 0 atom stereocenters. The van der Waals surface area contributed by atoms with E-state index in [0.717, 1.165) is 24.3 Å². The fourth-order valence-electron chi connectivity index (χ4n) is 6.32. The highest BCUT2D eigenvalue weighted by molar-refractivity contribution is 6.11. The molecule has 0 saturated carbocycles. The number of phenols is 2. The molecule has 0 fully saturated rings. The van der Waals surface area contributed by atoms with E-state index in [4.69, 9.17) is 19.7 Å². The van der Waals surface area contributed by atoms with E-state index in [1.165, 1.54) is 60.7 Å². The van der Waals surface area contributed by atoms with E-state index in [0.29, 0.717) is 56.6 Å². The molecular weight excluding hydrogens is 835 g/mol. The van der Waals surface area contributed by atoms with E-state index in [1.54, 1.807) is 52.0 Å². The summed E-state index contributed by atoms with van der Waals surface area (Å²) in [4.78, 5) is 70.1. The molecule has 14 nitrogen and oxygen atoms in total. The van der Waals surface area contributed by atoms with Crippen LogP contribution < -0.4 is 20.1 Å². The van der Waals surface area contributed by atoms with E-state index >= 15 is 0 Å². The molecule has 64 heavy (non-hydrogen) atoms. The number of aliphatic carboxylic acids is 2. The van der Waals surface area contributed by atoms with E-state index in [2.05, 4.69) is 10.6 Å². The number of phenolic OH excluding ortho intramolecular Hbond substituents is 2. The maximum atomic E-state index is 13.1. The lowest BCUT2D eigenvalue weighted by molar-refractivity contribution is -0.141. The van der Waals surface area contributed by atoms with Gasteiger partial charge in [0.2, 0.25) is 11.8 Å². The van der Waals surface area contributed by atoms with Gasteiger partial charge in [0.15, 0.2) is 11.6 Å². The molecule has 0 bridgehead atoms. The van der Waals surface area contributed by atoms with Crippen molar-refractivity contribution in [1.82, 2.24) is 0 Å². The molecule has 0 spiro atoms. The lowest BCUT2D eigenvalue weighted by Crippen LogP contribution is -2.16. The van der Waals surface area contributed by atoms with E-state index in [9.17, 15) is 47.8 Å². The molecule has 0 aliphatic carbocycles. The largest absolute Gasteiger partial charge is 0.507 e. The van der Waals surface area contributed by atoms with Crippen molar-refractivity contribution in [2.45, 2.75) is 40.5 Å². The summed E-state index contributed by atoms with van der Waals surface area (Å²) in [6.45, 7) is 7.00. The highest BCUT2D eigenvalue weighted by Gasteiger charge is 2.19. The van der Waals surface area contributed by atoms with Gasteiger partial charge in [0.25, 0.3) is 0 Å². The molecule has 6 aromatic carbocycles. The van der Waals surface area contributed by atoms with Crippen molar-refractivity contribution in [2.24, 2.45) is 0 Å². The van der Waals surface area contributed by atoms with Crippen LogP contribution in [-0.4, -0.2) is 55.7 Å². The van der Waals surface area contributed by atoms with Crippen molar-refractivity contribution in [2.75, 3.05) is 10.6 Å². The van der Waals surface area contributed by atoms with Gasteiger partial charge in [-0.05, 0) is 159 Å². The van der Waals surface area contributed by atoms with Crippen molar-refractivity contribution in [3.63, 3.8) is 0 Å². The molecule has 6 rings (SSSR count). The van der Waals surface area contributed by atoms with Gasteiger partial charge in [0.05, 0.1) is 11.1 Å². The quantitative estimate of drug-likeness (QED) is 0.0445. The molecule has 6 N–H and O–H groups in total. The summed E-state index contributed by atoms with van der Waals surface area (Å²) in [7, 11) is 0. The average Bonchev–Trinajstić information content (AvgIpc) is 3.21. The summed E-state index contributed by atoms with van der Waals surface area (Å²) >= 11 is 0. The number of carbonyl (C=O) groups is 6. The number of amides is 2. The maximum Gasteiger partial charge on any atom is 0.312 e. The van der Waals surface area contributed by atoms with Crippen LogP contribution in [0, 0.1) is 39.3 Å². The minimum atomic E-state index is -1.23. The van der Waals surface area contributed by atoms with Gasteiger partial charge in [0, 0.05) is 22.5 Å². The average molecular weight is 875 g/mol. The number of hydrogen-bond acceptors (Lipinski definition) is 10. The van der Waals surface area contributed by atoms with Crippen molar-refractivity contribution < 1.29 is 67.4 Å². The molecule has 0 unspecified atom stereocenters. The van der Waals surface area contributed by atoms with Gasteiger partial charge in [-0.2, -0.15) is 0 Å². The molecule has 328 valence electrons. The van der Waals surface area contributed by atoms with Crippen LogP contribution in [0.3, 0.4) is 0 Å². The number of aromatic hydroxyl groups is 2. The van der Waals surface area contributed by atoms with Gasteiger partial charge in [-0.25, -0.2) is 8.78 Å². The minimum Gasteiger partial charge on any atom is -0.507 e. The van der Waals surface area contributed by atoms with E-state index < -0.39 is 59.8 Å². The SMILES string of the molecule is Cc1cc(NC(=O)CC(=O)O)cc(C)c1Oc1ccc(O)c(C(=O)c2ccc(F)cc2)c1.Cc1cc(NC(=O)CC(=O)O)cc(C)c1Oc1ccc(O)c(C(=O)c2ccc(F)cc2)c1. The highest BCUT2D eigenvalue weighted by atomic mass is 19.1. The first-order valence-corrected chi connectivity index (χ1v) is 19.2. The topological polar surface area (TPSA) is 226 Å². The fourth-order valence-corrected chi connectivity index (χ4v) is 6.32. The van der Waals surface area contributed by atoms with Crippen LogP contribution in [0.1, 0.15) is 66.9 Å². The second kappa shape index (κ2) is 20.4. The number of halogens is 2. The molecular formula is C48H40F2N2O12. The molecule has 0 aromatic heterocycles. The number of nitrogens with one attached hydrogen (secondary N) is 2. The standard InChI is InChI=1S/2C24H20FNO6/c2*1-13-9-17(26-21(28)12-22(29)30)10-14(2)24(13)32-18-7-8-20(27)19(11-18)23(31)15-3-5-16(25)6-4-15/h2*3-11,27H,12H2,1-2H3,(H,26,28)(H,29,30). The normalized spacial score (nSPS) is 10.5. The lowest BCUT2D eigenvalue weighted by atomic mass is 10.0. The molecule has 0 heterocycles. The third-order valence-electron chi connectivity index (χ3n) is 9.19. The number of carboxylic acid groups (broad SMARTS) is 2. The first-order valence-electron chi connectivity index (χ1n) is 19.2. The predicted octanol–water partition coefficient (Wildman–Crippen LogP) is 9.17. The second-order valence-corrected chi connectivity index (χ2v) is 14.3. The third kappa shape index (κ3) is 12.3. The van der Waals surface area contributed by atoms with Gasteiger partial charge in [-0.15, -0.1) is 0 Å². The van der Waals surface area contributed by atoms with Crippen molar-refractivity contribution in [1.29, 1.82) is 0 Å². The number of benzene rings is 6. The summed E-state index contributed by atoms with van der Waals surface area (Å²) in [6, 6.07) is 24.9. The Hall–Kier alpha value is -8.40. The van der Waals surface area contributed by atoms with Gasteiger partial charge in [-0.1, -0.05) is 0 Å². The monoisotopic (exact) mass is 874 g/mol. The fraction of sp³-hybridized carbons (Fsp3) is 0.125. The Labute approximate surface area is 364 Å². The Kier molecular flexibility index (Phi) is 14.9. The van der Waals surface area contributed by atoms with Crippen LogP contribution in [0.2, 0.25) is 0 Å². The Bertz CT molecular complexity index is 2550. The minimum absolute atomic E-state index is 0.00182. The second-order valence-electron chi connectivity index (χ2n) is 14.3. The van der Waals surface area contributed by atoms with E-state index in [1.807, 2.05) is 0 Å². The van der Waals surface area contributed by atoms with Crippen LogP contribution in [0.4, 0.5) is 20.2 Å². The summed E-state index contributed by atoms with van der Waals surface area (Å²) in [5.41, 5.74) is 3.94. The Morgan fingerprint density at radius 2 is 0.797 bits per heavy atom. The van der Waals surface area contributed by atoms with Crippen LogP contribution in [0.25, 0.3) is 0 Å². The number of hydrogen-bond donors (Lipinski definition) is 6. The highest BCUT2D eigenvalue weighted by Crippen LogP contribution is 2.36. The number of ether oxygens (including phenoxy) is 2. The van der Waals surface area contributed by atoms with Gasteiger partial charge in [-0.3, -0.25) is 28.8 Å². The zero-order valence-corrected chi connectivity index (χ0v) is 34.6. The van der Waals surface area contributed by atoms with Gasteiger partial charge in [0.1, 0.15) is 59.0 Å². The van der Waals surface area contributed by atoms with Gasteiger partial charge < -0.3 is 40.5 Å². The summed E-state index contributed by atoms with van der Waals surface area (Å²) in [6.07, 6.45) is -1.29. The van der Waals surface area contributed by atoms with Gasteiger partial charge >= 0.3 is 11.9 Å². The number of anilines is 2. The Morgan fingerprint density at radius 3 is 1.09 bits per heavy atom. The summed E-state index contributed by atoms with van der Waals surface area (Å²) in [5.74, 6) is -4.61. The predicted molar refractivity (Wildman–Crippen MR) is 230 cm³/mol. The molecule has 2 amide bonds. The summed E-state index contributed by atoms with van der Waals surface area (Å²) < 4.78 is 38.1. The Balaban J connectivity index is 0.000000241. The zero-order valence-electron chi connectivity index (χ0n) is 34.6. The molecule has 0 aliphatic rings. The molecule has 6 aromatic rings. The molecule has 0 radical (unpaired) electrons.